The first-order chi connectivity index (χ1) is 16.6. The van der Waals surface area contributed by atoms with E-state index in [2.05, 4.69) is 6.92 Å². The molecule has 0 heterocycles. The van der Waals surface area contributed by atoms with Crippen LogP contribution in [0.2, 0.25) is 0 Å². The summed E-state index contributed by atoms with van der Waals surface area (Å²) in [7, 11) is -3.35. The maximum atomic E-state index is 12.0. The van der Waals surface area contributed by atoms with E-state index < -0.39 is 10.1 Å². The predicted octanol–water partition coefficient (Wildman–Crippen LogP) is 10.1. The smallest absolute Gasteiger partial charge is 0.267 e. The van der Waals surface area contributed by atoms with Crippen LogP contribution >= 0.6 is 0 Å². The second-order valence-corrected chi connectivity index (χ2v) is 12.0. The van der Waals surface area contributed by atoms with Crippen molar-refractivity contribution in [2.45, 2.75) is 167 Å². The van der Waals surface area contributed by atoms with Gasteiger partial charge in [-0.25, -0.2) is 0 Å². The average molecular weight is 507 g/mol. The number of unbranched alkanes of at least 4 members (excludes halogenated alkanes) is 23. The molecule has 5 heteroatoms. The van der Waals surface area contributed by atoms with Crippen molar-refractivity contribution in [1.29, 1.82) is 0 Å². The first-order valence-electron chi connectivity index (χ1n) is 15.1. The lowest BCUT2D eigenvalue weighted by Gasteiger charge is -2.06. The molecule has 0 aromatic rings. The minimum absolute atomic E-state index is 0.147. The van der Waals surface area contributed by atoms with Crippen LogP contribution in [0.5, 0.6) is 0 Å². The maximum absolute atomic E-state index is 12.0. The predicted molar refractivity (Wildman–Crippen MR) is 147 cm³/mol. The summed E-state index contributed by atoms with van der Waals surface area (Å²) < 4.78 is 41.1. The van der Waals surface area contributed by atoms with Gasteiger partial charge in [-0.15, -0.1) is 0 Å². The van der Waals surface area contributed by atoms with Gasteiger partial charge in [-0.05, 0) is 19.3 Å². The minimum Gasteiger partial charge on any atom is -0.270 e. The lowest BCUT2D eigenvalue weighted by molar-refractivity contribution is 0.305. The molecule has 0 aromatic carbocycles. The van der Waals surface area contributed by atoms with Gasteiger partial charge in [0.25, 0.3) is 10.1 Å². The van der Waals surface area contributed by atoms with E-state index in [0.29, 0.717) is 19.4 Å². The normalized spacial score (nSPS) is 11.9. The Labute approximate surface area is 213 Å². The molecule has 0 fully saturated rings. The van der Waals surface area contributed by atoms with Crippen LogP contribution in [-0.2, 0) is 14.3 Å². The molecule has 0 aliphatic heterocycles. The molecule has 0 aliphatic carbocycles. The second-order valence-electron chi connectivity index (χ2n) is 10.3. The van der Waals surface area contributed by atoms with Crippen molar-refractivity contribution in [2.24, 2.45) is 0 Å². The van der Waals surface area contributed by atoms with Crippen LogP contribution in [0.4, 0.5) is 4.39 Å². The van der Waals surface area contributed by atoms with Gasteiger partial charge in [0.2, 0.25) is 0 Å². The van der Waals surface area contributed by atoms with Crippen molar-refractivity contribution in [3.63, 3.8) is 0 Å². The molecule has 0 radical (unpaired) electrons. The fourth-order valence-corrected chi connectivity index (χ4v) is 5.55. The highest BCUT2D eigenvalue weighted by molar-refractivity contribution is 7.86. The summed E-state index contributed by atoms with van der Waals surface area (Å²) in [6, 6.07) is 0. The standard InChI is InChI=1S/C29H59FO3S/c1-2-3-4-5-6-7-8-9-10-11-12-13-14-16-19-22-25-28-33-34(31,32)29-26-23-20-17-15-18-21-24-27-30/h2-29H2,1H3. The molecule has 0 spiro atoms. The van der Waals surface area contributed by atoms with Crippen molar-refractivity contribution < 1.29 is 17.0 Å². The van der Waals surface area contributed by atoms with E-state index in [9.17, 15) is 12.8 Å². The first kappa shape index (κ1) is 33.8. The Kier molecular flexibility index (Phi) is 27.3. The molecule has 3 nitrogen and oxygen atoms in total. The van der Waals surface area contributed by atoms with E-state index in [1.807, 2.05) is 0 Å². The van der Waals surface area contributed by atoms with Gasteiger partial charge in [0.15, 0.2) is 0 Å². The second kappa shape index (κ2) is 27.4. The number of rotatable bonds is 29. The van der Waals surface area contributed by atoms with E-state index in [0.717, 1.165) is 51.4 Å². The molecular formula is C29H59FO3S. The Balaban J connectivity index is 3.26. The molecule has 0 aromatic heterocycles. The zero-order chi connectivity index (χ0) is 25.0. The zero-order valence-electron chi connectivity index (χ0n) is 22.8. The van der Waals surface area contributed by atoms with Crippen LogP contribution < -0.4 is 0 Å². The third-order valence-corrected chi connectivity index (χ3v) is 8.10. The molecule has 0 aliphatic rings. The van der Waals surface area contributed by atoms with E-state index >= 15 is 0 Å². The van der Waals surface area contributed by atoms with E-state index in [1.165, 1.54) is 96.3 Å². The topological polar surface area (TPSA) is 43.4 Å². The maximum Gasteiger partial charge on any atom is 0.267 e. The summed E-state index contributed by atoms with van der Waals surface area (Å²) >= 11 is 0. The summed E-state index contributed by atoms with van der Waals surface area (Å²) in [6.45, 7) is 2.41. The zero-order valence-corrected chi connectivity index (χ0v) is 23.6. The van der Waals surface area contributed by atoms with E-state index in [1.54, 1.807) is 0 Å². The fourth-order valence-electron chi connectivity index (χ4n) is 4.51. The van der Waals surface area contributed by atoms with Crippen molar-refractivity contribution >= 4 is 10.1 Å². The van der Waals surface area contributed by atoms with Crippen LogP contribution in [0, 0.1) is 0 Å². The van der Waals surface area contributed by atoms with Crippen molar-refractivity contribution in [3.05, 3.63) is 0 Å². The Morgan fingerprint density at radius 1 is 0.471 bits per heavy atom. The monoisotopic (exact) mass is 506 g/mol. The SMILES string of the molecule is CCCCCCCCCCCCCCCCCCCOS(=O)(=O)CCCCCCCCCCF. The highest BCUT2D eigenvalue weighted by Gasteiger charge is 2.10. The van der Waals surface area contributed by atoms with Crippen LogP contribution in [0.15, 0.2) is 0 Å². The van der Waals surface area contributed by atoms with Gasteiger partial charge in [0, 0.05) is 0 Å². The van der Waals surface area contributed by atoms with E-state index in [-0.39, 0.29) is 12.4 Å². The van der Waals surface area contributed by atoms with Crippen LogP contribution in [-0.4, -0.2) is 27.5 Å². The lowest BCUT2D eigenvalue weighted by atomic mass is 10.0. The van der Waals surface area contributed by atoms with Gasteiger partial charge in [-0.2, -0.15) is 8.42 Å². The molecule has 0 atom stereocenters. The minimum atomic E-state index is -3.35. The van der Waals surface area contributed by atoms with Crippen LogP contribution in [0.1, 0.15) is 167 Å². The Morgan fingerprint density at radius 2 is 0.794 bits per heavy atom. The summed E-state index contributed by atoms with van der Waals surface area (Å²) in [5.74, 6) is 0.147. The molecule has 34 heavy (non-hydrogen) atoms. The van der Waals surface area contributed by atoms with E-state index in [4.69, 9.17) is 4.18 Å². The van der Waals surface area contributed by atoms with Gasteiger partial charge in [0.1, 0.15) is 0 Å². The third kappa shape index (κ3) is 28.1. The molecule has 0 unspecified atom stereocenters. The molecule has 0 amide bonds. The quantitative estimate of drug-likeness (QED) is 0.0748. The fraction of sp³-hybridized carbons (Fsp3) is 1.00. The number of halogens is 1. The molecule has 206 valence electrons. The van der Waals surface area contributed by atoms with Crippen molar-refractivity contribution in [3.8, 4) is 0 Å². The highest BCUT2D eigenvalue weighted by Crippen LogP contribution is 2.14. The third-order valence-electron chi connectivity index (χ3n) is 6.79. The number of alkyl halides is 1. The van der Waals surface area contributed by atoms with Crippen LogP contribution in [0.25, 0.3) is 0 Å². The highest BCUT2D eigenvalue weighted by atomic mass is 32.2. The summed E-state index contributed by atoms with van der Waals surface area (Å²) in [5, 5.41) is 0. The summed E-state index contributed by atoms with van der Waals surface area (Å²) in [4.78, 5) is 0. The Hall–Kier alpha value is -0.160. The van der Waals surface area contributed by atoms with Crippen molar-refractivity contribution in [1.82, 2.24) is 0 Å². The molecule has 0 rings (SSSR count). The van der Waals surface area contributed by atoms with Crippen molar-refractivity contribution in [2.75, 3.05) is 19.0 Å². The average Bonchev–Trinajstić information content (AvgIpc) is 2.82. The van der Waals surface area contributed by atoms with Gasteiger partial charge in [0.05, 0.1) is 19.0 Å². The molecular weight excluding hydrogens is 447 g/mol. The largest absolute Gasteiger partial charge is 0.270 e. The Bertz CT molecular complexity index is 482. The first-order valence-corrected chi connectivity index (χ1v) is 16.6. The Morgan fingerprint density at radius 3 is 1.18 bits per heavy atom. The molecule has 0 saturated carbocycles. The van der Waals surface area contributed by atoms with Gasteiger partial charge in [-0.3, -0.25) is 8.57 Å². The lowest BCUT2D eigenvalue weighted by Crippen LogP contribution is -2.11. The number of hydrogen-bond acceptors (Lipinski definition) is 3. The van der Waals surface area contributed by atoms with Gasteiger partial charge in [-0.1, -0.05) is 148 Å². The van der Waals surface area contributed by atoms with Gasteiger partial charge >= 0.3 is 0 Å². The summed E-state index contributed by atoms with van der Waals surface area (Å²) in [6.07, 6.45) is 30.2. The molecule has 0 N–H and O–H groups in total. The molecule has 0 saturated heterocycles. The van der Waals surface area contributed by atoms with Gasteiger partial charge < -0.3 is 0 Å². The van der Waals surface area contributed by atoms with Crippen LogP contribution in [0.3, 0.4) is 0 Å². The molecule has 0 bridgehead atoms. The summed E-state index contributed by atoms with van der Waals surface area (Å²) in [5.41, 5.74) is 0. The number of hydrogen-bond donors (Lipinski definition) is 0.